The second-order valence-corrected chi connectivity index (χ2v) is 7.80. The molecule has 2 saturated carbocycles. The summed E-state index contributed by atoms with van der Waals surface area (Å²) >= 11 is 1.84. The summed E-state index contributed by atoms with van der Waals surface area (Å²) in [4.78, 5) is 0. The van der Waals surface area contributed by atoms with E-state index in [1.807, 2.05) is 16.4 Å². The van der Waals surface area contributed by atoms with Crippen LogP contribution < -0.4 is 5.32 Å². The van der Waals surface area contributed by atoms with Crippen LogP contribution in [0.5, 0.6) is 0 Å². The van der Waals surface area contributed by atoms with E-state index < -0.39 is 0 Å². The molecule has 3 aliphatic rings. The van der Waals surface area contributed by atoms with E-state index in [1.165, 1.54) is 32.1 Å². The quantitative estimate of drug-likeness (QED) is 0.861. The van der Waals surface area contributed by atoms with Crippen LogP contribution in [0.3, 0.4) is 0 Å². The van der Waals surface area contributed by atoms with Crippen molar-refractivity contribution in [3.63, 3.8) is 0 Å². The smallest absolute Gasteiger partial charge is 0.209 e. The first-order valence-corrected chi connectivity index (χ1v) is 9.01. The number of nitrogens with zero attached hydrogens (tertiary/aromatic N) is 4. The first-order valence-electron chi connectivity index (χ1n) is 8.13. The summed E-state index contributed by atoms with van der Waals surface area (Å²) in [6.45, 7) is 2.71. The molecule has 1 atom stereocenters. The van der Waals surface area contributed by atoms with E-state index in [4.69, 9.17) is 4.74 Å². The zero-order valence-corrected chi connectivity index (χ0v) is 13.1. The van der Waals surface area contributed by atoms with Crippen LogP contribution in [0.25, 0.3) is 0 Å². The van der Waals surface area contributed by atoms with Gasteiger partial charge in [0.25, 0.3) is 0 Å². The molecule has 1 spiro atoms. The molecule has 3 fully saturated rings. The summed E-state index contributed by atoms with van der Waals surface area (Å²) in [7, 11) is 0. The molecule has 0 amide bonds. The first-order chi connectivity index (χ1) is 10.3. The Bertz CT molecular complexity index is 485. The average Bonchev–Trinajstić information content (AvgIpc) is 3.18. The number of ether oxygens (including phenoxy) is 1. The van der Waals surface area contributed by atoms with E-state index in [0.29, 0.717) is 5.25 Å². The summed E-state index contributed by atoms with van der Waals surface area (Å²) in [5.74, 6) is 0. The molecule has 2 aliphatic carbocycles. The summed E-state index contributed by atoms with van der Waals surface area (Å²) in [5, 5.41) is 17.3. The van der Waals surface area contributed by atoms with E-state index in [0.717, 1.165) is 43.7 Å². The van der Waals surface area contributed by atoms with Gasteiger partial charge in [-0.1, -0.05) is 11.8 Å². The third-order valence-electron chi connectivity index (χ3n) is 4.82. The molecule has 1 aromatic rings. The van der Waals surface area contributed by atoms with E-state index in [9.17, 15) is 0 Å². The minimum atomic E-state index is 0.196. The van der Waals surface area contributed by atoms with Crippen LogP contribution in [0.15, 0.2) is 5.16 Å². The zero-order valence-electron chi connectivity index (χ0n) is 12.3. The standard InChI is InChI=1S/C14H23N5OS/c1-5-14(6-1)10-12(4-9-20-14)21-13-16-17-18-19(13)8-7-15-11-2-3-11/h11-12,15H,1-10H2. The molecule has 4 rings (SSSR count). The second-order valence-electron chi connectivity index (χ2n) is 6.53. The lowest BCUT2D eigenvalue weighted by Crippen LogP contribution is -2.46. The van der Waals surface area contributed by atoms with Gasteiger partial charge < -0.3 is 10.1 Å². The maximum absolute atomic E-state index is 6.00. The minimum Gasteiger partial charge on any atom is -0.375 e. The summed E-state index contributed by atoms with van der Waals surface area (Å²) in [5.41, 5.74) is 0.196. The van der Waals surface area contributed by atoms with Crippen molar-refractivity contribution in [2.24, 2.45) is 0 Å². The van der Waals surface area contributed by atoms with E-state index in [1.54, 1.807) is 0 Å². The van der Waals surface area contributed by atoms with Gasteiger partial charge in [0, 0.05) is 24.4 Å². The van der Waals surface area contributed by atoms with Crippen LogP contribution in [0.2, 0.25) is 0 Å². The van der Waals surface area contributed by atoms with Gasteiger partial charge in [-0.2, -0.15) is 0 Å². The molecular formula is C14H23N5OS. The largest absolute Gasteiger partial charge is 0.375 e. The summed E-state index contributed by atoms with van der Waals surface area (Å²) < 4.78 is 7.94. The minimum absolute atomic E-state index is 0.196. The predicted octanol–water partition coefficient (Wildman–Crippen LogP) is 1.62. The summed E-state index contributed by atoms with van der Waals surface area (Å²) in [6.07, 6.45) is 8.70. The topological polar surface area (TPSA) is 64.9 Å². The molecule has 1 saturated heterocycles. The molecule has 6 nitrogen and oxygen atoms in total. The van der Waals surface area contributed by atoms with Gasteiger partial charge in [0.15, 0.2) is 0 Å². The van der Waals surface area contributed by atoms with Gasteiger partial charge in [0.2, 0.25) is 5.16 Å². The molecule has 1 aliphatic heterocycles. The number of nitrogens with one attached hydrogen (secondary N) is 1. The van der Waals surface area contributed by atoms with Crippen molar-refractivity contribution in [3.8, 4) is 0 Å². The van der Waals surface area contributed by atoms with Crippen molar-refractivity contribution < 1.29 is 4.74 Å². The Hall–Kier alpha value is -0.660. The number of rotatable bonds is 6. The number of tetrazole rings is 1. The molecule has 7 heteroatoms. The number of hydrogen-bond acceptors (Lipinski definition) is 6. The van der Waals surface area contributed by atoms with Crippen molar-refractivity contribution in [2.45, 2.75) is 73.5 Å². The van der Waals surface area contributed by atoms with Gasteiger partial charge in [-0.3, -0.25) is 0 Å². The molecular weight excluding hydrogens is 286 g/mol. The molecule has 2 heterocycles. The Balaban J connectivity index is 1.32. The highest BCUT2D eigenvalue weighted by atomic mass is 32.2. The number of thioether (sulfide) groups is 1. The maximum atomic E-state index is 6.00. The molecule has 21 heavy (non-hydrogen) atoms. The third-order valence-corrected chi connectivity index (χ3v) is 6.06. The fraction of sp³-hybridized carbons (Fsp3) is 0.929. The van der Waals surface area contributed by atoms with Crippen molar-refractivity contribution in [1.82, 2.24) is 25.5 Å². The van der Waals surface area contributed by atoms with E-state index in [-0.39, 0.29) is 5.60 Å². The molecule has 1 N–H and O–H groups in total. The fourth-order valence-electron chi connectivity index (χ4n) is 3.24. The van der Waals surface area contributed by atoms with Gasteiger partial charge in [0.05, 0.1) is 12.1 Å². The van der Waals surface area contributed by atoms with Crippen LogP contribution in [0.4, 0.5) is 0 Å². The first kappa shape index (κ1) is 14.0. The number of aromatic nitrogens is 4. The highest BCUT2D eigenvalue weighted by molar-refractivity contribution is 7.99. The van der Waals surface area contributed by atoms with Crippen molar-refractivity contribution in [3.05, 3.63) is 0 Å². The predicted molar refractivity (Wildman–Crippen MR) is 80.3 cm³/mol. The van der Waals surface area contributed by atoms with E-state index >= 15 is 0 Å². The lowest BCUT2D eigenvalue weighted by Gasteiger charge is -2.46. The third kappa shape index (κ3) is 3.24. The Kier molecular flexibility index (Phi) is 3.89. The van der Waals surface area contributed by atoms with Crippen LogP contribution in [-0.4, -0.2) is 50.3 Å². The Morgan fingerprint density at radius 2 is 2.24 bits per heavy atom. The Morgan fingerprint density at radius 3 is 3.00 bits per heavy atom. The second kappa shape index (κ2) is 5.85. The summed E-state index contributed by atoms with van der Waals surface area (Å²) in [6, 6.07) is 0.742. The van der Waals surface area contributed by atoms with Gasteiger partial charge in [-0.05, 0) is 55.4 Å². The maximum Gasteiger partial charge on any atom is 0.209 e. The van der Waals surface area contributed by atoms with Gasteiger partial charge in [0.1, 0.15) is 0 Å². The normalized spacial score (nSPS) is 27.7. The van der Waals surface area contributed by atoms with Crippen LogP contribution in [0, 0.1) is 0 Å². The van der Waals surface area contributed by atoms with E-state index in [2.05, 4.69) is 20.8 Å². The molecule has 0 aromatic carbocycles. The Labute approximate surface area is 129 Å². The lowest BCUT2D eigenvalue weighted by atomic mass is 9.75. The van der Waals surface area contributed by atoms with Crippen molar-refractivity contribution in [1.29, 1.82) is 0 Å². The van der Waals surface area contributed by atoms with Crippen LogP contribution >= 0.6 is 11.8 Å². The number of hydrogen-bond donors (Lipinski definition) is 1. The fourth-order valence-corrected chi connectivity index (χ4v) is 4.47. The van der Waals surface area contributed by atoms with Crippen LogP contribution in [0.1, 0.15) is 44.9 Å². The van der Waals surface area contributed by atoms with Crippen molar-refractivity contribution in [2.75, 3.05) is 13.2 Å². The van der Waals surface area contributed by atoms with Gasteiger partial charge >= 0.3 is 0 Å². The molecule has 1 aromatic heterocycles. The molecule has 116 valence electrons. The SMILES string of the molecule is C1CC2(C1)CC(Sc1nnnn1CCNC1CC1)CCO2. The lowest BCUT2D eigenvalue weighted by molar-refractivity contribution is -0.125. The highest BCUT2D eigenvalue weighted by Gasteiger charge is 2.43. The van der Waals surface area contributed by atoms with Crippen molar-refractivity contribution >= 4 is 11.8 Å². The Morgan fingerprint density at radius 1 is 1.33 bits per heavy atom. The highest BCUT2D eigenvalue weighted by Crippen LogP contribution is 2.45. The molecule has 0 bridgehead atoms. The average molecular weight is 309 g/mol. The monoisotopic (exact) mass is 309 g/mol. The zero-order chi connectivity index (χ0) is 14.1. The van der Waals surface area contributed by atoms with Gasteiger partial charge in [-0.25, -0.2) is 4.68 Å². The molecule has 0 radical (unpaired) electrons. The van der Waals surface area contributed by atoms with Gasteiger partial charge in [-0.15, -0.1) is 5.10 Å². The molecule has 1 unspecified atom stereocenters. The van der Waals surface area contributed by atoms with Crippen LogP contribution in [-0.2, 0) is 11.3 Å².